The SMILES string of the molecule is CCOc1ccc(NC(=S)N[C@@H](NC(=O)c2ccc(Cl)cc2Cl)C(Cl)(Cl)Cl)cc1. The first kappa shape index (κ1) is 24.1. The van der Waals surface area contributed by atoms with Gasteiger partial charge in [-0.2, -0.15) is 0 Å². The Bertz CT molecular complexity index is 875. The summed E-state index contributed by atoms with van der Waals surface area (Å²) < 4.78 is 3.48. The lowest BCUT2D eigenvalue weighted by molar-refractivity contribution is 0.0934. The zero-order chi connectivity index (χ0) is 21.6. The molecule has 0 heterocycles. The van der Waals surface area contributed by atoms with E-state index < -0.39 is 15.9 Å². The van der Waals surface area contributed by atoms with Crippen molar-refractivity contribution in [2.75, 3.05) is 11.9 Å². The van der Waals surface area contributed by atoms with Gasteiger partial charge in [0, 0.05) is 10.7 Å². The minimum atomic E-state index is -1.90. The molecule has 0 aliphatic rings. The second-order valence-corrected chi connectivity index (χ2v) is 9.25. The monoisotopic (exact) mass is 513 g/mol. The molecule has 0 spiro atoms. The van der Waals surface area contributed by atoms with E-state index >= 15 is 0 Å². The number of rotatable bonds is 6. The van der Waals surface area contributed by atoms with Crippen LogP contribution in [0.15, 0.2) is 42.5 Å². The van der Waals surface area contributed by atoms with Gasteiger partial charge < -0.3 is 20.7 Å². The molecule has 0 saturated carbocycles. The second kappa shape index (κ2) is 10.8. The maximum atomic E-state index is 12.5. The minimum absolute atomic E-state index is 0.132. The third kappa shape index (κ3) is 7.55. The molecule has 5 nitrogen and oxygen atoms in total. The zero-order valence-electron chi connectivity index (χ0n) is 14.9. The van der Waals surface area contributed by atoms with Crippen LogP contribution in [0.1, 0.15) is 17.3 Å². The molecule has 0 saturated heterocycles. The zero-order valence-corrected chi connectivity index (χ0v) is 19.5. The molecule has 0 aliphatic heterocycles. The molecule has 2 aromatic rings. The topological polar surface area (TPSA) is 62.4 Å². The number of anilines is 1. The van der Waals surface area contributed by atoms with Gasteiger partial charge in [0.1, 0.15) is 11.9 Å². The lowest BCUT2D eigenvalue weighted by Crippen LogP contribution is -2.56. The van der Waals surface area contributed by atoms with E-state index in [0.717, 1.165) is 5.75 Å². The van der Waals surface area contributed by atoms with Gasteiger partial charge in [-0.1, -0.05) is 58.0 Å². The highest BCUT2D eigenvalue weighted by atomic mass is 35.6. The molecule has 2 aromatic carbocycles. The van der Waals surface area contributed by atoms with E-state index in [9.17, 15) is 4.79 Å². The van der Waals surface area contributed by atoms with Gasteiger partial charge in [-0.05, 0) is 61.6 Å². The molecule has 0 aliphatic carbocycles. The molecule has 1 atom stereocenters. The lowest BCUT2D eigenvalue weighted by Gasteiger charge is -2.28. The van der Waals surface area contributed by atoms with E-state index in [-0.39, 0.29) is 15.7 Å². The first-order valence-electron chi connectivity index (χ1n) is 8.23. The molecule has 11 heteroatoms. The Morgan fingerprint density at radius 3 is 2.31 bits per heavy atom. The van der Waals surface area contributed by atoms with Gasteiger partial charge in [-0.25, -0.2) is 0 Å². The highest BCUT2D eigenvalue weighted by molar-refractivity contribution is 7.80. The molecule has 2 rings (SSSR count). The van der Waals surface area contributed by atoms with Gasteiger partial charge in [0.2, 0.25) is 3.79 Å². The third-order valence-electron chi connectivity index (χ3n) is 3.48. The molecule has 3 N–H and O–H groups in total. The summed E-state index contributed by atoms with van der Waals surface area (Å²) in [4.78, 5) is 12.5. The van der Waals surface area contributed by atoms with E-state index in [0.29, 0.717) is 17.3 Å². The van der Waals surface area contributed by atoms with Crippen LogP contribution in [0.3, 0.4) is 0 Å². The van der Waals surface area contributed by atoms with Crippen LogP contribution in [0.2, 0.25) is 10.0 Å². The van der Waals surface area contributed by atoms with Crippen LogP contribution in [-0.2, 0) is 0 Å². The lowest BCUT2D eigenvalue weighted by atomic mass is 10.2. The van der Waals surface area contributed by atoms with Crippen molar-refractivity contribution in [2.24, 2.45) is 0 Å². The fourth-order valence-electron chi connectivity index (χ4n) is 2.18. The number of nitrogens with one attached hydrogen (secondary N) is 3. The summed E-state index contributed by atoms with van der Waals surface area (Å²) in [6.07, 6.45) is -1.14. The van der Waals surface area contributed by atoms with Crippen LogP contribution in [-0.4, -0.2) is 27.6 Å². The largest absolute Gasteiger partial charge is 0.494 e. The molecule has 156 valence electrons. The maximum absolute atomic E-state index is 12.5. The Morgan fingerprint density at radius 1 is 1.10 bits per heavy atom. The number of benzene rings is 2. The quantitative estimate of drug-likeness (QED) is 0.258. The first-order valence-corrected chi connectivity index (χ1v) is 10.5. The molecule has 1 amide bonds. The van der Waals surface area contributed by atoms with Gasteiger partial charge >= 0.3 is 0 Å². The Labute approximate surface area is 198 Å². The normalized spacial score (nSPS) is 12.1. The van der Waals surface area contributed by atoms with E-state index in [1.54, 1.807) is 24.3 Å². The number of hydrogen-bond acceptors (Lipinski definition) is 3. The number of amides is 1. The number of carbonyl (C=O) groups is 1. The van der Waals surface area contributed by atoms with Crippen molar-refractivity contribution in [1.29, 1.82) is 0 Å². The summed E-state index contributed by atoms with van der Waals surface area (Å²) in [5, 5.41) is 8.95. The Balaban J connectivity index is 2.06. The standard InChI is InChI=1S/C18H16Cl5N3O2S/c1-2-28-12-6-4-11(5-7-12)24-17(29)26-16(18(21,22)23)25-15(27)13-8-3-10(19)9-14(13)20/h3-9,16H,2H2,1H3,(H,25,27)(H2,24,26,29)/t16-/m1/s1. The van der Waals surface area contributed by atoms with Crippen molar-refractivity contribution in [3.63, 3.8) is 0 Å². The predicted molar refractivity (Wildman–Crippen MR) is 125 cm³/mol. The van der Waals surface area contributed by atoms with Crippen molar-refractivity contribution in [3.05, 3.63) is 58.1 Å². The van der Waals surface area contributed by atoms with E-state index in [1.807, 2.05) is 6.92 Å². The molecular formula is C18H16Cl5N3O2S. The summed E-state index contributed by atoms with van der Waals surface area (Å²) in [6.45, 7) is 2.46. The molecule has 0 radical (unpaired) electrons. The highest BCUT2D eigenvalue weighted by Crippen LogP contribution is 2.30. The summed E-state index contributed by atoms with van der Waals surface area (Å²) >= 11 is 35.1. The molecule has 0 bridgehead atoms. The van der Waals surface area contributed by atoms with Crippen molar-refractivity contribution < 1.29 is 9.53 Å². The third-order valence-corrected chi connectivity index (χ3v) is 4.90. The van der Waals surface area contributed by atoms with Crippen LogP contribution >= 0.6 is 70.2 Å². The van der Waals surface area contributed by atoms with E-state index in [1.165, 1.54) is 18.2 Å². The Kier molecular flexibility index (Phi) is 8.94. The van der Waals surface area contributed by atoms with Crippen molar-refractivity contribution in [2.45, 2.75) is 16.9 Å². The number of thiocarbonyl (C=S) groups is 1. The number of carbonyl (C=O) groups excluding carboxylic acids is 1. The van der Waals surface area contributed by atoms with E-state index in [4.69, 9.17) is 75.0 Å². The maximum Gasteiger partial charge on any atom is 0.254 e. The van der Waals surface area contributed by atoms with Gasteiger partial charge in [0.05, 0.1) is 17.2 Å². The van der Waals surface area contributed by atoms with Crippen molar-refractivity contribution in [1.82, 2.24) is 10.6 Å². The molecule has 29 heavy (non-hydrogen) atoms. The number of halogens is 5. The number of ether oxygens (including phenoxy) is 1. The van der Waals surface area contributed by atoms with Crippen molar-refractivity contribution >= 4 is 86.9 Å². The number of alkyl halides is 3. The van der Waals surface area contributed by atoms with Crippen LogP contribution in [0, 0.1) is 0 Å². The fraction of sp³-hybridized carbons (Fsp3) is 0.222. The Hall–Kier alpha value is -1.15. The average molecular weight is 516 g/mol. The fourth-order valence-corrected chi connectivity index (χ4v) is 3.24. The van der Waals surface area contributed by atoms with Gasteiger partial charge in [0.25, 0.3) is 5.91 Å². The average Bonchev–Trinajstić information content (AvgIpc) is 2.62. The van der Waals surface area contributed by atoms with Gasteiger partial charge in [-0.15, -0.1) is 0 Å². The van der Waals surface area contributed by atoms with E-state index in [2.05, 4.69) is 16.0 Å². The second-order valence-electron chi connectivity index (χ2n) is 5.63. The smallest absolute Gasteiger partial charge is 0.254 e. The van der Waals surface area contributed by atoms with Gasteiger partial charge in [0.15, 0.2) is 5.11 Å². The van der Waals surface area contributed by atoms with Crippen LogP contribution < -0.4 is 20.7 Å². The summed E-state index contributed by atoms with van der Waals surface area (Å²) in [6, 6.07) is 11.5. The summed E-state index contributed by atoms with van der Waals surface area (Å²) in [7, 11) is 0. The molecule has 0 fully saturated rings. The molecule has 0 unspecified atom stereocenters. The minimum Gasteiger partial charge on any atom is -0.494 e. The van der Waals surface area contributed by atoms with Crippen molar-refractivity contribution in [3.8, 4) is 5.75 Å². The Morgan fingerprint density at radius 2 is 1.76 bits per heavy atom. The van der Waals surface area contributed by atoms with Crippen LogP contribution in [0.4, 0.5) is 5.69 Å². The summed E-state index contributed by atoms with van der Waals surface area (Å²) in [5.74, 6) is 0.155. The first-order chi connectivity index (χ1) is 13.6. The van der Waals surface area contributed by atoms with Crippen LogP contribution in [0.5, 0.6) is 5.75 Å². The predicted octanol–water partition coefficient (Wildman–Crippen LogP) is 5.80. The van der Waals surface area contributed by atoms with Crippen LogP contribution in [0.25, 0.3) is 0 Å². The molecule has 0 aromatic heterocycles. The van der Waals surface area contributed by atoms with Gasteiger partial charge in [-0.3, -0.25) is 4.79 Å². The molecular weight excluding hydrogens is 500 g/mol. The number of hydrogen-bond donors (Lipinski definition) is 3. The summed E-state index contributed by atoms with van der Waals surface area (Å²) in [5.41, 5.74) is 0.851. The highest BCUT2D eigenvalue weighted by Gasteiger charge is 2.35.